The number of hydrogen-bond acceptors (Lipinski definition) is 6. The molecule has 1 N–H and O–H groups in total. The number of nitrogens with zero attached hydrogens (tertiary/aromatic N) is 4. The molecule has 9 nitrogen and oxygen atoms in total. The SMILES string of the molecule is CCn1cnnc1-c1cccc(NC(=O)COc2ccccc2[N+](=O)[O-])c1. The molecule has 3 rings (SSSR count). The maximum absolute atomic E-state index is 12.1. The van der Waals surface area contributed by atoms with Crippen LogP contribution in [0.1, 0.15) is 6.92 Å². The number of hydrogen-bond donors (Lipinski definition) is 1. The number of nitro groups is 1. The molecule has 0 saturated carbocycles. The summed E-state index contributed by atoms with van der Waals surface area (Å²) in [7, 11) is 0. The molecule has 0 spiro atoms. The van der Waals surface area contributed by atoms with Gasteiger partial charge in [0.2, 0.25) is 0 Å². The molecule has 3 aromatic rings. The van der Waals surface area contributed by atoms with E-state index in [-0.39, 0.29) is 18.0 Å². The molecule has 0 unspecified atom stereocenters. The average molecular weight is 367 g/mol. The second-order valence-electron chi connectivity index (χ2n) is 5.58. The molecule has 0 saturated heterocycles. The van der Waals surface area contributed by atoms with E-state index in [0.717, 1.165) is 12.1 Å². The lowest BCUT2D eigenvalue weighted by molar-refractivity contribution is -0.385. The van der Waals surface area contributed by atoms with Crippen molar-refractivity contribution in [1.82, 2.24) is 14.8 Å². The minimum Gasteiger partial charge on any atom is -0.477 e. The Morgan fingerprint density at radius 2 is 2.07 bits per heavy atom. The summed E-state index contributed by atoms with van der Waals surface area (Å²) >= 11 is 0. The fourth-order valence-corrected chi connectivity index (χ4v) is 2.52. The fourth-order valence-electron chi connectivity index (χ4n) is 2.52. The number of nitro benzene ring substituents is 1. The number of carbonyl (C=O) groups excluding carboxylic acids is 1. The van der Waals surface area contributed by atoms with Crippen LogP contribution < -0.4 is 10.1 Å². The second-order valence-corrected chi connectivity index (χ2v) is 5.58. The molecule has 138 valence electrons. The summed E-state index contributed by atoms with van der Waals surface area (Å²) in [4.78, 5) is 22.6. The summed E-state index contributed by atoms with van der Waals surface area (Å²) < 4.78 is 7.18. The minimum atomic E-state index is -0.555. The number of carbonyl (C=O) groups is 1. The third-order valence-corrected chi connectivity index (χ3v) is 3.78. The lowest BCUT2D eigenvalue weighted by atomic mass is 10.2. The van der Waals surface area contributed by atoms with Crippen LogP contribution in [0.15, 0.2) is 54.9 Å². The lowest BCUT2D eigenvalue weighted by Gasteiger charge is -2.09. The molecule has 0 radical (unpaired) electrons. The monoisotopic (exact) mass is 367 g/mol. The smallest absolute Gasteiger partial charge is 0.310 e. The van der Waals surface area contributed by atoms with Gasteiger partial charge in [0.1, 0.15) is 6.33 Å². The first-order chi connectivity index (χ1) is 13.1. The third-order valence-electron chi connectivity index (χ3n) is 3.78. The van der Waals surface area contributed by atoms with Gasteiger partial charge >= 0.3 is 5.69 Å². The van der Waals surface area contributed by atoms with Gasteiger partial charge in [-0.3, -0.25) is 14.9 Å². The lowest BCUT2D eigenvalue weighted by Crippen LogP contribution is -2.20. The predicted molar refractivity (Wildman–Crippen MR) is 98.4 cm³/mol. The molecule has 27 heavy (non-hydrogen) atoms. The Hall–Kier alpha value is -3.75. The number of aromatic nitrogens is 3. The number of rotatable bonds is 7. The van der Waals surface area contributed by atoms with Crippen molar-refractivity contribution < 1.29 is 14.5 Å². The van der Waals surface area contributed by atoms with Crippen molar-refractivity contribution in [3.63, 3.8) is 0 Å². The fraction of sp³-hybridized carbons (Fsp3) is 0.167. The molecule has 0 atom stereocenters. The Labute approximate surface area is 154 Å². The molecule has 0 bridgehead atoms. The van der Waals surface area contributed by atoms with Crippen LogP contribution in [0.5, 0.6) is 5.75 Å². The van der Waals surface area contributed by atoms with E-state index in [1.807, 2.05) is 17.6 Å². The van der Waals surface area contributed by atoms with E-state index in [9.17, 15) is 14.9 Å². The van der Waals surface area contributed by atoms with E-state index in [2.05, 4.69) is 15.5 Å². The van der Waals surface area contributed by atoms with E-state index < -0.39 is 10.8 Å². The third kappa shape index (κ3) is 4.27. The van der Waals surface area contributed by atoms with E-state index >= 15 is 0 Å². The highest BCUT2D eigenvalue weighted by Crippen LogP contribution is 2.26. The molecule has 0 aliphatic carbocycles. The van der Waals surface area contributed by atoms with Gasteiger partial charge in [-0.05, 0) is 25.1 Å². The quantitative estimate of drug-likeness (QED) is 0.507. The minimum absolute atomic E-state index is 0.0439. The first kappa shape index (κ1) is 18.1. The van der Waals surface area contributed by atoms with Gasteiger partial charge in [0.25, 0.3) is 5.91 Å². The Bertz CT molecular complexity index is 970. The summed E-state index contributed by atoms with van der Waals surface area (Å²) in [5.41, 5.74) is 1.19. The standard InChI is InChI=1S/C18H17N5O4/c1-2-22-12-19-21-18(22)13-6-5-7-14(10-13)20-17(24)11-27-16-9-4-3-8-15(16)23(25)26/h3-10,12H,2,11H2,1H3,(H,20,24). The molecular weight excluding hydrogens is 350 g/mol. The zero-order valence-corrected chi connectivity index (χ0v) is 14.5. The first-order valence-corrected chi connectivity index (χ1v) is 8.22. The van der Waals surface area contributed by atoms with Crippen LogP contribution >= 0.6 is 0 Å². The van der Waals surface area contributed by atoms with Crippen LogP contribution in [0.4, 0.5) is 11.4 Å². The van der Waals surface area contributed by atoms with Crippen molar-refractivity contribution >= 4 is 17.3 Å². The van der Waals surface area contributed by atoms with Gasteiger partial charge in [0.05, 0.1) is 4.92 Å². The summed E-state index contributed by atoms with van der Waals surface area (Å²) in [5, 5.41) is 21.7. The number of benzene rings is 2. The van der Waals surface area contributed by atoms with Crippen LogP contribution in [-0.2, 0) is 11.3 Å². The van der Waals surface area contributed by atoms with Gasteiger partial charge in [-0.15, -0.1) is 10.2 Å². The predicted octanol–water partition coefficient (Wildman–Crippen LogP) is 2.89. The number of amides is 1. The van der Waals surface area contributed by atoms with Crippen molar-refractivity contribution in [2.75, 3.05) is 11.9 Å². The average Bonchev–Trinajstić information content (AvgIpc) is 3.15. The zero-order valence-electron chi connectivity index (χ0n) is 14.5. The van der Waals surface area contributed by atoms with E-state index in [4.69, 9.17) is 4.74 Å². The molecule has 0 aliphatic rings. The highest BCUT2D eigenvalue weighted by Gasteiger charge is 2.15. The summed E-state index contributed by atoms with van der Waals surface area (Å²) in [5.74, 6) is 0.314. The van der Waals surface area contributed by atoms with Crippen LogP contribution in [0, 0.1) is 10.1 Å². The molecule has 0 aliphatic heterocycles. The van der Waals surface area contributed by atoms with Crippen LogP contribution in [0.3, 0.4) is 0 Å². The summed E-state index contributed by atoms with van der Waals surface area (Å²) in [6, 6.07) is 13.1. The van der Waals surface area contributed by atoms with Gasteiger partial charge in [-0.25, -0.2) is 0 Å². The summed E-state index contributed by atoms with van der Waals surface area (Å²) in [6.45, 7) is 2.36. The zero-order chi connectivity index (χ0) is 19.2. The van der Waals surface area contributed by atoms with Crippen LogP contribution in [-0.4, -0.2) is 32.2 Å². The molecule has 2 aromatic carbocycles. The second kappa shape index (κ2) is 8.09. The molecule has 1 heterocycles. The highest BCUT2D eigenvalue weighted by molar-refractivity contribution is 5.92. The van der Waals surface area contributed by atoms with Crippen molar-refractivity contribution in [3.05, 3.63) is 65.0 Å². The van der Waals surface area contributed by atoms with Gasteiger partial charge < -0.3 is 14.6 Å². The molecule has 1 aromatic heterocycles. The molecular formula is C18H17N5O4. The maximum atomic E-state index is 12.1. The Morgan fingerprint density at radius 3 is 2.85 bits per heavy atom. The topological polar surface area (TPSA) is 112 Å². The van der Waals surface area contributed by atoms with Gasteiger partial charge in [0.15, 0.2) is 18.2 Å². The number of para-hydroxylation sites is 2. The van der Waals surface area contributed by atoms with Crippen molar-refractivity contribution in [3.8, 4) is 17.1 Å². The van der Waals surface area contributed by atoms with Crippen molar-refractivity contribution in [2.45, 2.75) is 13.5 Å². The Kier molecular flexibility index (Phi) is 5.41. The van der Waals surface area contributed by atoms with Crippen molar-refractivity contribution in [1.29, 1.82) is 0 Å². The van der Waals surface area contributed by atoms with Gasteiger partial charge in [-0.1, -0.05) is 24.3 Å². The van der Waals surface area contributed by atoms with Gasteiger partial charge in [-0.2, -0.15) is 0 Å². The summed E-state index contributed by atoms with van der Waals surface area (Å²) in [6.07, 6.45) is 1.64. The Balaban J connectivity index is 1.67. The van der Waals surface area contributed by atoms with E-state index in [1.165, 1.54) is 18.2 Å². The maximum Gasteiger partial charge on any atom is 0.310 e. The van der Waals surface area contributed by atoms with Crippen LogP contribution in [0.2, 0.25) is 0 Å². The molecule has 9 heteroatoms. The van der Waals surface area contributed by atoms with E-state index in [0.29, 0.717) is 11.5 Å². The number of ether oxygens (including phenoxy) is 1. The number of nitrogens with one attached hydrogen (secondary N) is 1. The van der Waals surface area contributed by atoms with Crippen molar-refractivity contribution in [2.24, 2.45) is 0 Å². The first-order valence-electron chi connectivity index (χ1n) is 8.22. The Morgan fingerprint density at radius 1 is 1.26 bits per heavy atom. The number of anilines is 1. The largest absolute Gasteiger partial charge is 0.477 e. The van der Waals surface area contributed by atoms with Crippen LogP contribution in [0.25, 0.3) is 11.4 Å². The number of aryl methyl sites for hydroxylation is 1. The molecule has 1 amide bonds. The normalized spacial score (nSPS) is 10.4. The highest BCUT2D eigenvalue weighted by atomic mass is 16.6. The van der Waals surface area contributed by atoms with Gasteiger partial charge in [0, 0.05) is 23.9 Å². The van der Waals surface area contributed by atoms with E-state index in [1.54, 1.807) is 30.6 Å². The molecule has 0 fully saturated rings.